The van der Waals surface area contributed by atoms with Crippen LogP contribution >= 0.6 is 15.9 Å². The Bertz CT molecular complexity index is 484. The number of halogens is 2. The summed E-state index contributed by atoms with van der Waals surface area (Å²) in [5, 5.41) is 8.98. The molecule has 1 aromatic heterocycles. The van der Waals surface area contributed by atoms with E-state index in [4.69, 9.17) is 9.52 Å². The molecule has 3 nitrogen and oxygen atoms in total. The van der Waals surface area contributed by atoms with Gasteiger partial charge in [0.15, 0.2) is 12.2 Å². The van der Waals surface area contributed by atoms with E-state index in [-0.39, 0.29) is 12.4 Å². The Morgan fingerprint density at radius 2 is 2.27 bits per heavy atom. The standard InChI is InChI=1S/C10H7BrFNO2/c11-7-3-6(1-2-8(7)12)10-9(4-14)13-5-15-10/h1-3,5,14H,4H2. The second kappa shape index (κ2) is 4.12. The summed E-state index contributed by atoms with van der Waals surface area (Å²) < 4.78 is 18.4. The highest BCUT2D eigenvalue weighted by atomic mass is 79.9. The van der Waals surface area contributed by atoms with E-state index in [1.165, 1.54) is 12.5 Å². The second-order valence-corrected chi connectivity index (χ2v) is 3.77. The molecule has 1 aromatic carbocycles. The summed E-state index contributed by atoms with van der Waals surface area (Å²) in [5.74, 6) is 0.113. The summed E-state index contributed by atoms with van der Waals surface area (Å²) in [5.41, 5.74) is 1.11. The number of nitrogens with zero attached hydrogens (tertiary/aromatic N) is 1. The monoisotopic (exact) mass is 271 g/mol. The lowest BCUT2D eigenvalue weighted by molar-refractivity contribution is 0.277. The summed E-state index contributed by atoms with van der Waals surface area (Å²) in [6.07, 6.45) is 1.25. The molecule has 0 spiro atoms. The molecule has 0 aliphatic heterocycles. The molecule has 0 atom stereocenters. The molecule has 0 aliphatic rings. The molecule has 0 unspecified atom stereocenters. The van der Waals surface area contributed by atoms with Gasteiger partial charge in [0, 0.05) is 5.56 Å². The third-order valence-electron chi connectivity index (χ3n) is 1.97. The van der Waals surface area contributed by atoms with Gasteiger partial charge < -0.3 is 9.52 Å². The molecule has 0 radical (unpaired) electrons. The van der Waals surface area contributed by atoms with Crippen LogP contribution < -0.4 is 0 Å². The van der Waals surface area contributed by atoms with Crippen molar-refractivity contribution in [3.63, 3.8) is 0 Å². The number of oxazole rings is 1. The molecule has 1 heterocycles. The van der Waals surface area contributed by atoms with Crippen LogP contribution in [0.2, 0.25) is 0 Å². The van der Waals surface area contributed by atoms with Gasteiger partial charge in [-0.1, -0.05) is 0 Å². The average Bonchev–Trinajstić information content (AvgIpc) is 2.70. The fourth-order valence-corrected chi connectivity index (χ4v) is 1.63. The largest absolute Gasteiger partial charge is 0.443 e. The van der Waals surface area contributed by atoms with E-state index in [1.807, 2.05) is 0 Å². The highest BCUT2D eigenvalue weighted by Crippen LogP contribution is 2.27. The van der Waals surface area contributed by atoms with Crippen LogP contribution in [0, 0.1) is 5.82 Å². The Hall–Kier alpha value is -1.20. The van der Waals surface area contributed by atoms with Crippen molar-refractivity contribution in [2.45, 2.75) is 6.61 Å². The first kappa shape index (κ1) is 10.3. The third kappa shape index (κ3) is 1.93. The van der Waals surface area contributed by atoms with E-state index in [9.17, 15) is 4.39 Å². The van der Waals surface area contributed by atoms with Gasteiger partial charge in [-0.25, -0.2) is 9.37 Å². The van der Waals surface area contributed by atoms with Gasteiger partial charge in [0.2, 0.25) is 0 Å². The van der Waals surface area contributed by atoms with Crippen LogP contribution in [0.5, 0.6) is 0 Å². The molecular weight excluding hydrogens is 265 g/mol. The molecule has 2 rings (SSSR count). The number of hydrogen-bond acceptors (Lipinski definition) is 3. The van der Waals surface area contributed by atoms with Crippen LogP contribution in [0.3, 0.4) is 0 Å². The van der Waals surface area contributed by atoms with E-state index in [2.05, 4.69) is 20.9 Å². The molecule has 0 fully saturated rings. The zero-order valence-corrected chi connectivity index (χ0v) is 9.16. The van der Waals surface area contributed by atoms with Crippen LogP contribution in [0.1, 0.15) is 5.69 Å². The van der Waals surface area contributed by atoms with Crippen LogP contribution in [0.15, 0.2) is 33.5 Å². The van der Waals surface area contributed by atoms with E-state index in [1.54, 1.807) is 12.1 Å². The zero-order valence-electron chi connectivity index (χ0n) is 7.58. The van der Waals surface area contributed by atoms with Crippen molar-refractivity contribution < 1.29 is 13.9 Å². The maximum absolute atomic E-state index is 13.0. The molecule has 0 saturated heterocycles. The maximum Gasteiger partial charge on any atom is 0.181 e. The lowest BCUT2D eigenvalue weighted by Crippen LogP contribution is -1.87. The average molecular weight is 272 g/mol. The Balaban J connectivity index is 2.50. The van der Waals surface area contributed by atoms with E-state index in [0.717, 1.165) is 0 Å². The quantitative estimate of drug-likeness (QED) is 0.914. The fourth-order valence-electron chi connectivity index (χ4n) is 1.25. The highest BCUT2D eigenvalue weighted by molar-refractivity contribution is 9.10. The molecule has 5 heteroatoms. The topological polar surface area (TPSA) is 46.3 Å². The van der Waals surface area contributed by atoms with Gasteiger partial charge in [-0.05, 0) is 34.1 Å². The Morgan fingerprint density at radius 1 is 1.47 bits per heavy atom. The number of hydrogen-bond donors (Lipinski definition) is 1. The summed E-state index contributed by atoms with van der Waals surface area (Å²) in [7, 11) is 0. The Morgan fingerprint density at radius 3 is 2.93 bits per heavy atom. The highest BCUT2D eigenvalue weighted by Gasteiger charge is 2.11. The number of aliphatic hydroxyl groups is 1. The lowest BCUT2D eigenvalue weighted by atomic mass is 10.1. The first-order valence-corrected chi connectivity index (χ1v) is 5.00. The van der Waals surface area contributed by atoms with Gasteiger partial charge in [-0.15, -0.1) is 0 Å². The summed E-state index contributed by atoms with van der Waals surface area (Å²) in [6, 6.07) is 4.47. The first-order chi connectivity index (χ1) is 7.22. The Kier molecular flexibility index (Phi) is 2.83. The molecule has 15 heavy (non-hydrogen) atoms. The summed E-state index contributed by atoms with van der Waals surface area (Å²) in [6.45, 7) is -0.208. The van der Waals surface area contributed by atoms with Crippen LogP contribution in [-0.4, -0.2) is 10.1 Å². The first-order valence-electron chi connectivity index (χ1n) is 4.21. The van der Waals surface area contributed by atoms with Crippen molar-refractivity contribution in [3.8, 4) is 11.3 Å². The smallest absolute Gasteiger partial charge is 0.181 e. The summed E-state index contributed by atoms with van der Waals surface area (Å²) in [4.78, 5) is 3.84. The van der Waals surface area contributed by atoms with E-state index >= 15 is 0 Å². The molecule has 78 valence electrons. The number of benzene rings is 1. The van der Waals surface area contributed by atoms with Gasteiger partial charge in [0.05, 0.1) is 11.1 Å². The minimum absolute atomic E-state index is 0.208. The minimum Gasteiger partial charge on any atom is -0.443 e. The molecule has 0 bridgehead atoms. The SMILES string of the molecule is OCc1ncoc1-c1ccc(F)c(Br)c1. The number of aliphatic hydroxyl groups excluding tert-OH is 1. The van der Waals surface area contributed by atoms with Gasteiger partial charge in [0.25, 0.3) is 0 Å². The number of aromatic nitrogens is 1. The van der Waals surface area contributed by atoms with Gasteiger partial charge in [-0.3, -0.25) is 0 Å². The van der Waals surface area contributed by atoms with Crippen molar-refractivity contribution in [2.24, 2.45) is 0 Å². The van der Waals surface area contributed by atoms with Gasteiger partial charge in [0.1, 0.15) is 11.5 Å². The lowest BCUT2D eigenvalue weighted by Gasteiger charge is -2.00. The van der Waals surface area contributed by atoms with Crippen molar-refractivity contribution >= 4 is 15.9 Å². The van der Waals surface area contributed by atoms with Gasteiger partial charge in [-0.2, -0.15) is 0 Å². The Labute approximate surface area is 93.7 Å². The predicted octanol–water partition coefficient (Wildman–Crippen LogP) is 2.74. The van der Waals surface area contributed by atoms with Crippen LogP contribution in [0.4, 0.5) is 4.39 Å². The van der Waals surface area contributed by atoms with E-state index < -0.39 is 0 Å². The minimum atomic E-state index is -0.344. The second-order valence-electron chi connectivity index (χ2n) is 2.92. The van der Waals surface area contributed by atoms with Crippen molar-refractivity contribution in [2.75, 3.05) is 0 Å². The predicted molar refractivity (Wildman–Crippen MR) is 55.5 cm³/mol. The third-order valence-corrected chi connectivity index (χ3v) is 2.58. The van der Waals surface area contributed by atoms with Crippen molar-refractivity contribution in [3.05, 3.63) is 40.6 Å². The molecule has 2 aromatic rings. The van der Waals surface area contributed by atoms with Crippen molar-refractivity contribution in [1.82, 2.24) is 4.98 Å². The molecule has 0 aliphatic carbocycles. The van der Waals surface area contributed by atoms with E-state index in [0.29, 0.717) is 21.5 Å². The van der Waals surface area contributed by atoms with Crippen molar-refractivity contribution in [1.29, 1.82) is 0 Å². The molecule has 0 saturated carbocycles. The zero-order chi connectivity index (χ0) is 10.8. The van der Waals surface area contributed by atoms with Crippen LogP contribution in [0.25, 0.3) is 11.3 Å². The molecule has 1 N–H and O–H groups in total. The summed E-state index contributed by atoms with van der Waals surface area (Å²) >= 11 is 3.08. The number of rotatable bonds is 2. The molecular formula is C10H7BrFNO2. The van der Waals surface area contributed by atoms with Crippen LogP contribution in [-0.2, 0) is 6.61 Å². The normalized spacial score (nSPS) is 10.6. The maximum atomic E-state index is 13.0. The van der Waals surface area contributed by atoms with Gasteiger partial charge >= 0.3 is 0 Å². The fraction of sp³-hybridized carbons (Fsp3) is 0.100. The molecule has 0 amide bonds.